The molecule has 1 fully saturated rings. The fourth-order valence-corrected chi connectivity index (χ4v) is 6.82. The number of benzene rings is 4. The van der Waals surface area contributed by atoms with Gasteiger partial charge in [0, 0.05) is 28.7 Å². The number of carboxylic acid groups (broad SMARTS) is 1. The number of hydrogen-bond donors (Lipinski definition) is 2. The van der Waals surface area contributed by atoms with Gasteiger partial charge in [0.2, 0.25) is 0 Å². The van der Waals surface area contributed by atoms with Gasteiger partial charge in [-0.05, 0) is 71.8 Å². The standard InChI is InChI=1S/C39H39N3O4S/c43-37(44)22-23-40-38(45)32-16-14-28(15-17-32)25-42(34-20-18-31(19-21-34)30-10-5-2-6-11-30)39-41-36(27-47-39)33-12-7-13-35(24-33)46-26-29-8-3-1-4-9-29/h1,3-4,7-9,12-21,24,27,30H,2,5-6,10-11,22-23,25-26H2,(H,40,45)(H,43,44). The fraction of sp³-hybridized carbons (Fsp3) is 0.256. The van der Waals surface area contributed by atoms with Crippen molar-refractivity contribution in [3.63, 3.8) is 0 Å². The van der Waals surface area contributed by atoms with Gasteiger partial charge >= 0.3 is 5.97 Å². The van der Waals surface area contributed by atoms with Crippen molar-refractivity contribution in [2.75, 3.05) is 11.4 Å². The number of hydrogen-bond acceptors (Lipinski definition) is 6. The average Bonchev–Trinajstić information content (AvgIpc) is 3.61. The van der Waals surface area contributed by atoms with Gasteiger partial charge in [0.25, 0.3) is 5.91 Å². The van der Waals surface area contributed by atoms with Crippen LogP contribution in [0, 0.1) is 0 Å². The van der Waals surface area contributed by atoms with E-state index in [-0.39, 0.29) is 18.9 Å². The molecule has 47 heavy (non-hydrogen) atoms. The Morgan fingerprint density at radius 1 is 0.872 bits per heavy atom. The van der Waals surface area contributed by atoms with Gasteiger partial charge in [0.15, 0.2) is 5.13 Å². The largest absolute Gasteiger partial charge is 0.489 e. The van der Waals surface area contributed by atoms with E-state index in [9.17, 15) is 9.59 Å². The van der Waals surface area contributed by atoms with Crippen LogP contribution in [0.25, 0.3) is 11.3 Å². The van der Waals surface area contributed by atoms with Crippen molar-refractivity contribution < 1.29 is 19.4 Å². The Balaban J connectivity index is 1.22. The van der Waals surface area contributed by atoms with E-state index in [4.69, 9.17) is 14.8 Å². The van der Waals surface area contributed by atoms with Crippen molar-refractivity contribution in [2.45, 2.75) is 57.6 Å². The summed E-state index contributed by atoms with van der Waals surface area (Å²) < 4.78 is 6.09. The molecule has 1 heterocycles. The lowest BCUT2D eigenvalue weighted by atomic mass is 9.84. The molecule has 0 bridgehead atoms. The molecule has 0 saturated heterocycles. The number of aromatic nitrogens is 1. The van der Waals surface area contributed by atoms with E-state index in [2.05, 4.69) is 58.1 Å². The molecular formula is C39H39N3O4S. The molecule has 1 aliphatic carbocycles. The van der Waals surface area contributed by atoms with E-state index < -0.39 is 5.97 Å². The second-order valence-corrected chi connectivity index (χ2v) is 12.8. The van der Waals surface area contributed by atoms with Crippen molar-refractivity contribution in [1.82, 2.24) is 10.3 Å². The summed E-state index contributed by atoms with van der Waals surface area (Å²) in [6.07, 6.45) is 6.32. The Kier molecular flexibility index (Phi) is 10.6. The highest BCUT2D eigenvalue weighted by molar-refractivity contribution is 7.14. The first-order valence-electron chi connectivity index (χ1n) is 16.2. The van der Waals surface area contributed by atoms with Crippen LogP contribution in [0.4, 0.5) is 10.8 Å². The SMILES string of the molecule is O=C(O)CCNC(=O)c1ccc(CN(c2ccc(C3CCCCC3)cc2)c2nc(-c3cccc(OCc4ccccc4)c3)cs2)cc1. The Hall–Kier alpha value is -4.95. The highest BCUT2D eigenvalue weighted by atomic mass is 32.1. The van der Waals surface area contributed by atoms with Gasteiger partial charge in [0.1, 0.15) is 12.4 Å². The normalized spacial score (nSPS) is 13.2. The first-order valence-corrected chi connectivity index (χ1v) is 17.1. The van der Waals surface area contributed by atoms with Crippen molar-refractivity contribution in [3.8, 4) is 17.0 Å². The second-order valence-electron chi connectivity index (χ2n) is 11.9. The average molecular weight is 646 g/mol. The Bertz CT molecular complexity index is 1760. The summed E-state index contributed by atoms with van der Waals surface area (Å²) in [5.41, 5.74) is 6.96. The summed E-state index contributed by atoms with van der Waals surface area (Å²) in [5, 5.41) is 14.5. The molecule has 1 aromatic heterocycles. The van der Waals surface area contributed by atoms with Crippen LogP contribution in [0.1, 0.15) is 71.5 Å². The minimum absolute atomic E-state index is 0.0922. The zero-order chi connectivity index (χ0) is 32.4. The monoisotopic (exact) mass is 645 g/mol. The molecule has 0 spiro atoms. The summed E-state index contributed by atoms with van der Waals surface area (Å²) in [7, 11) is 0. The third-order valence-corrected chi connectivity index (χ3v) is 9.43. The van der Waals surface area contributed by atoms with Crippen LogP contribution < -0.4 is 15.0 Å². The quantitative estimate of drug-likeness (QED) is 0.133. The van der Waals surface area contributed by atoms with Crippen LogP contribution in [-0.4, -0.2) is 28.5 Å². The fourth-order valence-electron chi connectivity index (χ4n) is 5.97. The summed E-state index contributed by atoms with van der Waals surface area (Å²) >= 11 is 1.60. The lowest BCUT2D eigenvalue weighted by molar-refractivity contribution is -0.136. The number of nitrogens with zero attached hydrogens (tertiary/aromatic N) is 2. The number of carbonyl (C=O) groups excluding carboxylic acids is 1. The Morgan fingerprint density at radius 2 is 1.64 bits per heavy atom. The zero-order valence-electron chi connectivity index (χ0n) is 26.3. The maximum Gasteiger partial charge on any atom is 0.305 e. The first kappa shape index (κ1) is 32.0. The number of amides is 1. The molecule has 1 amide bonds. The molecule has 4 aromatic carbocycles. The molecule has 7 nitrogen and oxygen atoms in total. The molecular weight excluding hydrogens is 607 g/mol. The molecule has 0 radical (unpaired) electrons. The van der Waals surface area contributed by atoms with E-state index >= 15 is 0 Å². The maximum absolute atomic E-state index is 12.5. The van der Waals surface area contributed by atoms with E-state index in [1.54, 1.807) is 23.5 Å². The molecule has 0 atom stereocenters. The highest BCUT2D eigenvalue weighted by Crippen LogP contribution is 2.37. The lowest BCUT2D eigenvalue weighted by Gasteiger charge is -2.25. The van der Waals surface area contributed by atoms with E-state index in [1.165, 1.54) is 37.7 Å². The van der Waals surface area contributed by atoms with Gasteiger partial charge in [-0.3, -0.25) is 9.59 Å². The van der Waals surface area contributed by atoms with Crippen molar-refractivity contribution in [2.24, 2.45) is 0 Å². The number of ether oxygens (including phenoxy) is 1. The molecule has 1 aliphatic rings. The van der Waals surface area contributed by atoms with Gasteiger partial charge in [-0.1, -0.05) is 86.0 Å². The van der Waals surface area contributed by atoms with Gasteiger partial charge in [-0.15, -0.1) is 11.3 Å². The highest BCUT2D eigenvalue weighted by Gasteiger charge is 2.19. The van der Waals surface area contributed by atoms with Gasteiger partial charge in [-0.25, -0.2) is 4.98 Å². The Morgan fingerprint density at radius 3 is 2.38 bits per heavy atom. The van der Waals surface area contributed by atoms with Crippen LogP contribution in [0.15, 0.2) is 109 Å². The number of rotatable bonds is 13. The zero-order valence-corrected chi connectivity index (χ0v) is 27.1. The number of aliphatic carboxylic acids is 1. The summed E-state index contributed by atoms with van der Waals surface area (Å²) in [4.78, 5) is 30.6. The molecule has 8 heteroatoms. The summed E-state index contributed by atoms with van der Waals surface area (Å²) in [6, 6.07) is 34.6. The predicted octanol–water partition coefficient (Wildman–Crippen LogP) is 8.98. The minimum atomic E-state index is -0.943. The van der Waals surface area contributed by atoms with Crippen LogP contribution in [0.2, 0.25) is 0 Å². The maximum atomic E-state index is 12.5. The third kappa shape index (κ3) is 8.65. The molecule has 0 aliphatic heterocycles. The van der Waals surface area contributed by atoms with E-state index in [1.807, 2.05) is 48.5 Å². The topological polar surface area (TPSA) is 91.8 Å². The van der Waals surface area contributed by atoms with Crippen LogP contribution in [0.3, 0.4) is 0 Å². The Labute approximate surface area is 279 Å². The number of nitrogens with one attached hydrogen (secondary N) is 1. The van der Waals surface area contributed by atoms with Crippen molar-refractivity contribution in [3.05, 3.63) is 131 Å². The molecule has 6 rings (SSSR count). The number of carbonyl (C=O) groups is 2. The number of anilines is 2. The minimum Gasteiger partial charge on any atom is -0.489 e. The van der Waals surface area contributed by atoms with E-state index in [0.29, 0.717) is 24.6 Å². The van der Waals surface area contributed by atoms with Crippen molar-refractivity contribution in [1.29, 1.82) is 0 Å². The van der Waals surface area contributed by atoms with E-state index in [0.717, 1.165) is 39.0 Å². The summed E-state index contributed by atoms with van der Waals surface area (Å²) in [5.74, 6) is 0.195. The third-order valence-electron chi connectivity index (χ3n) is 8.56. The van der Waals surface area contributed by atoms with Crippen LogP contribution in [0.5, 0.6) is 5.75 Å². The molecule has 0 unspecified atom stereocenters. The molecule has 1 saturated carbocycles. The van der Waals surface area contributed by atoms with Crippen molar-refractivity contribution >= 4 is 34.0 Å². The molecule has 240 valence electrons. The molecule has 5 aromatic rings. The van der Waals surface area contributed by atoms with Gasteiger partial charge in [-0.2, -0.15) is 0 Å². The smallest absolute Gasteiger partial charge is 0.305 e. The number of thiazole rings is 1. The predicted molar refractivity (Wildman–Crippen MR) is 187 cm³/mol. The van der Waals surface area contributed by atoms with Crippen LogP contribution >= 0.6 is 11.3 Å². The second kappa shape index (κ2) is 15.6. The lowest BCUT2D eigenvalue weighted by Crippen LogP contribution is -2.26. The van der Waals surface area contributed by atoms with Gasteiger partial charge < -0.3 is 20.1 Å². The summed E-state index contributed by atoms with van der Waals surface area (Å²) in [6.45, 7) is 1.16. The number of carboxylic acids is 1. The van der Waals surface area contributed by atoms with Gasteiger partial charge in [0.05, 0.1) is 18.7 Å². The molecule has 2 N–H and O–H groups in total. The first-order chi connectivity index (χ1) is 23.0. The van der Waals surface area contributed by atoms with Crippen LogP contribution in [-0.2, 0) is 17.9 Å².